The fraction of sp³-hybridized carbons (Fsp3) is 0.458. The molecule has 164 valence electrons. The second kappa shape index (κ2) is 7.89. The van der Waals surface area contributed by atoms with E-state index in [0.717, 1.165) is 17.7 Å². The number of rotatable bonds is 5. The third kappa shape index (κ3) is 4.05. The van der Waals surface area contributed by atoms with Crippen LogP contribution in [0.2, 0.25) is 0 Å². The molecule has 3 aliphatic rings. The van der Waals surface area contributed by atoms with Crippen molar-refractivity contribution in [3.05, 3.63) is 59.4 Å². The summed E-state index contributed by atoms with van der Waals surface area (Å²) in [5.74, 6) is 0.230. The Kier molecular flexibility index (Phi) is 5.20. The maximum atomic E-state index is 14.6. The molecule has 0 unspecified atom stereocenters. The number of hydrogen-bond donors (Lipinski definition) is 3. The highest BCUT2D eigenvalue weighted by molar-refractivity contribution is 5.93. The SMILES string of the molecule is O=C1CCc2cc([C@@H](O)CN3C[C@H]4C[C@H](Oc5ccccc5)C[C@@]4(O)C3)c(F)cc2N1. The number of ether oxygens (including phenoxy) is 1. The number of carbonyl (C=O) groups is 1. The van der Waals surface area contributed by atoms with Gasteiger partial charge in [0.05, 0.1) is 11.7 Å². The number of halogens is 1. The summed E-state index contributed by atoms with van der Waals surface area (Å²) in [6.45, 7) is 1.34. The van der Waals surface area contributed by atoms with Gasteiger partial charge in [0, 0.05) is 49.6 Å². The van der Waals surface area contributed by atoms with Gasteiger partial charge in [-0.05, 0) is 42.7 Å². The number of para-hydroxylation sites is 1. The number of benzene rings is 2. The molecule has 4 atom stereocenters. The van der Waals surface area contributed by atoms with Gasteiger partial charge in [0.25, 0.3) is 0 Å². The number of fused-ring (bicyclic) bond motifs is 2. The van der Waals surface area contributed by atoms with Gasteiger partial charge in [-0.25, -0.2) is 4.39 Å². The van der Waals surface area contributed by atoms with Gasteiger partial charge in [-0.2, -0.15) is 0 Å². The van der Waals surface area contributed by atoms with Crippen LogP contribution in [0.25, 0.3) is 0 Å². The number of hydrogen-bond acceptors (Lipinski definition) is 5. The summed E-state index contributed by atoms with van der Waals surface area (Å²) >= 11 is 0. The summed E-state index contributed by atoms with van der Waals surface area (Å²) in [7, 11) is 0. The zero-order valence-corrected chi connectivity index (χ0v) is 17.3. The van der Waals surface area contributed by atoms with Gasteiger partial charge in [-0.15, -0.1) is 0 Å². The number of likely N-dealkylation sites (tertiary alicyclic amines) is 1. The van der Waals surface area contributed by atoms with E-state index in [-0.39, 0.29) is 30.0 Å². The molecular formula is C24H27FN2O4. The summed E-state index contributed by atoms with van der Waals surface area (Å²) < 4.78 is 20.6. The molecule has 3 N–H and O–H groups in total. The Balaban J connectivity index is 1.22. The van der Waals surface area contributed by atoms with Crippen molar-refractivity contribution in [2.75, 3.05) is 25.0 Å². The van der Waals surface area contributed by atoms with Crippen LogP contribution in [0.15, 0.2) is 42.5 Å². The Morgan fingerprint density at radius 2 is 2.06 bits per heavy atom. The van der Waals surface area contributed by atoms with Gasteiger partial charge in [-0.3, -0.25) is 9.69 Å². The predicted octanol–water partition coefficient (Wildman–Crippen LogP) is 2.65. The lowest BCUT2D eigenvalue weighted by molar-refractivity contribution is -0.116. The number of nitrogens with one attached hydrogen (secondary N) is 1. The van der Waals surface area contributed by atoms with Crippen molar-refractivity contribution in [2.24, 2.45) is 5.92 Å². The molecule has 1 saturated carbocycles. The second-order valence-electron chi connectivity index (χ2n) is 9.08. The average molecular weight is 426 g/mol. The van der Waals surface area contributed by atoms with E-state index in [1.54, 1.807) is 6.07 Å². The van der Waals surface area contributed by atoms with Gasteiger partial charge in [0.15, 0.2) is 0 Å². The Morgan fingerprint density at radius 1 is 1.26 bits per heavy atom. The summed E-state index contributed by atoms with van der Waals surface area (Å²) in [6, 6.07) is 12.6. The van der Waals surface area contributed by atoms with Crippen LogP contribution in [0.4, 0.5) is 10.1 Å². The number of aliphatic hydroxyl groups is 2. The molecule has 0 aromatic heterocycles. The van der Waals surface area contributed by atoms with E-state index in [4.69, 9.17) is 4.74 Å². The molecule has 0 radical (unpaired) electrons. The van der Waals surface area contributed by atoms with Crippen LogP contribution >= 0.6 is 0 Å². The number of amides is 1. The molecule has 7 heteroatoms. The van der Waals surface area contributed by atoms with Crippen LogP contribution in [0.3, 0.4) is 0 Å². The van der Waals surface area contributed by atoms with Crippen LogP contribution in [0.5, 0.6) is 5.75 Å². The number of carbonyl (C=O) groups excluding carboxylic acids is 1. The van der Waals surface area contributed by atoms with Crippen LogP contribution < -0.4 is 10.1 Å². The van der Waals surface area contributed by atoms with Gasteiger partial charge in [0.2, 0.25) is 5.91 Å². The van der Waals surface area contributed by atoms with Gasteiger partial charge in [0.1, 0.15) is 17.7 Å². The Labute approximate surface area is 180 Å². The Hall–Kier alpha value is -2.48. The van der Waals surface area contributed by atoms with E-state index in [9.17, 15) is 19.4 Å². The van der Waals surface area contributed by atoms with Crippen LogP contribution in [0, 0.1) is 11.7 Å². The topological polar surface area (TPSA) is 82.0 Å². The molecule has 2 aromatic carbocycles. The zero-order chi connectivity index (χ0) is 21.6. The van der Waals surface area contributed by atoms with Crippen molar-refractivity contribution in [3.8, 4) is 5.75 Å². The van der Waals surface area contributed by atoms with Gasteiger partial charge < -0.3 is 20.3 Å². The number of nitrogens with zero attached hydrogens (tertiary/aromatic N) is 1. The molecular weight excluding hydrogens is 399 g/mol. The average Bonchev–Trinajstić information content (AvgIpc) is 3.18. The van der Waals surface area contributed by atoms with Crippen molar-refractivity contribution in [3.63, 3.8) is 0 Å². The van der Waals surface area contributed by atoms with E-state index < -0.39 is 17.5 Å². The molecule has 1 aliphatic carbocycles. The molecule has 6 nitrogen and oxygen atoms in total. The third-order valence-corrected chi connectivity index (χ3v) is 6.82. The first kappa shape index (κ1) is 20.4. The fourth-order valence-electron chi connectivity index (χ4n) is 5.32. The second-order valence-corrected chi connectivity index (χ2v) is 9.08. The van der Waals surface area contributed by atoms with E-state index >= 15 is 0 Å². The van der Waals surface area contributed by atoms with Crippen molar-refractivity contribution in [1.82, 2.24) is 4.90 Å². The van der Waals surface area contributed by atoms with Crippen molar-refractivity contribution < 1.29 is 24.1 Å². The predicted molar refractivity (Wildman–Crippen MR) is 113 cm³/mol. The summed E-state index contributed by atoms with van der Waals surface area (Å²) in [6.07, 6.45) is 1.17. The maximum absolute atomic E-state index is 14.6. The molecule has 5 rings (SSSR count). The van der Waals surface area contributed by atoms with Crippen molar-refractivity contribution >= 4 is 11.6 Å². The maximum Gasteiger partial charge on any atom is 0.224 e. The monoisotopic (exact) mass is 426 g/mol. The van der Waals surface area contributed by atoms with Crippen molar-refractivity contribution in [1.29, 1.82) is 0 Å². The van der Waals surface area contributed by atoms with E-state index in [1.165, 1.54) is 6.07 Å². The van der Waals surface area contributed by atoms with E-state index in [1.807, 2.05) is 35.2 Å². The standard InChI is InChI=1S/C24H27FN2O4/c25-20-10-21-15(6-7-23(29)26-21)8-19(20)22(28)13-27-12-16-9-18(11-24(16,30)14-27)31-17-4-2-1-3-5-17/h1-5,8,10,16,18,22,28,30H,6-7,9,11-14H2,(H,26,29)/t16-,18+,22+,24-/m1/s1. The number of β-amino-alcohol motifs (C(OH)–C–C–N with tert-alkyl or cyclic N) is 2. The quantitative estimate of drug-likeness (QED) is 0.685. The molecule has 2 aromatic rings. The molecule has 2 fully saturated rings. The van der Waals surface area contributed by atoms with Crippen LogP contribution in [0.1, 0.15) is 36.5 Å². The minimum Gasteiger partial charge on any atom is -0.490 e. The van der Waals surface area contributed by atoms with Gasteiger partial charge >= 0.3 is 0 Å². The molecule has 1 saturated heterocycles. The minimum atomic E-state index is -0.998. The molecule has 2 heterocycles. The minimum absolute atomic E-state index is 0.0298. The highest BCUT2D eigenvalue weighted by Crippen LogP contribution is 2.43. The van der Waals surface area contributed by atoms with E-state index in [2.05, 4.69) is 5.32 Å². The highest BCUT2D eigenvalue weighted by Gasteiger charge is 2.52. The first-order valence-electron chi connectivity index (χ1n) is 10.9. The summed E-state index contributed by atoms with van der Waals surface area (Å²) in [5.41, 5.74) is 0.717. The van der Waals surface area contributed by atoms with Gasteiger partial charge in [-0.1, -0.05) is 18.2 Å². The Bertz CT molecular complexity index is 985. The largest absolute Gasteiger partial charge is 0.490 e. The third-order valence-electron chi connectivity index (χ3n) is 6.82. The lowest BCUT2D eigenvalue weighted by atomic mass is 9.95. The lowest BCUT2D eigenvalue weighted by Crippen LogP contribution is -2.36. The zero-order valence-electron chi connectivity index (χ0n) is 17.3. The highest BCUT2D eigenvalue weighted by atomic mass is 19.1. The van der Waals surface area contributed by atoms with Crippen LogP contribution in [-0.4, -0.2) is 52.4 Å². The smallest absolute Gasteiger partial charge is 0.224 e. The number of aliphatic hydroxyl groups excluding tert-OH is 1. The first-order chi connectivity index (χ1) is 14.9. The fourth-order valence-corrected chi connectivity index (χ4v) is 5.32. The summed E-state index contributed by atoms with van der Waals surface area (Å²) in [4.78, 5) is 13.5. The number of anilines is 1. The molecule has 0 bridgehead atoms. The molecule has 2 aliphatic heterocycles. The number of aryl methyl sites for hydroxylation is 1. The van der Waals surface area contributed by atoms with E-state index in [0.29, 0.717) is 38.0 Å². The summed E-state index contributed by atoms with van der Waals surface area (Å²) in [5, 5.41) is 24.6. The van der Waals surface area contributed by atoms with Crippen LogP contribution in [-0.2, 0) is 11.2 Å². The Morgan fingerprint density at radius 3 is 2.84 bits per heavy atom. The molecule has 1 amide bonds. The molecule has 31 heavy (non-hydrogen) atoms. The lowest BCUT2D eigenvalue weighted by Gasteiger charge is -2.26. The molecule has 0 spiro atoms. The van der Waals surface area contributed by atoms with Crippen molar-refractivity contribution in [2.45, 2.75) is 43.5 Å². The normalized spacial score (nSPS) is 28.7. The first-order valence-corrected chi connectivity index (χ1v) is 10.9.